The summed E-state index contributed by atoms with van der Waals surface area (Å²) >= 11 is 1.43. The largest absolute Gasteiger partial charge is 0.462 e. The first kappa shape index (κ1) is 18.9. The summed E-state index contributed by atoms with van der Waals surface area (Å²) in [6.45, 7) is 9.86. The standard InChI is InChI=1S/C17H26N2O4S/c1-5-13-7-14(17(21)22-6-2)16(24-13)18-15(20)10-19-8-11(3)23-12(4)9-19/h7,11-12H,5-6,8-10H2,1-4H3,(H,18,20)/t11-,12+. The Balaban J connectivity index is 2.02. The molecule has 2 rings (SSSR count). The van der Waals surface area contributed by atoms with Gasteiger partial charge < -0.3 is 14.8 Å². The third kappa shape index (κ3) is 5.03. The molecule has 1 aromatic heterocycles. The minimum atomic E-state index is -0.391. The average molecular weight is 354 g/mol. The predicted octanol–water partition coefficient (Wildman–Crippen LogP) is 2.53. The van der Waals surface area contributed by atoms with Crippen LogP contribution in [0.2, 0.25) is 0 Å². The van der Waals surface area contributed by atoms with Crippen molar-refractivity contribution in [2.24, 2.45) is 0 Å². The molecule has 0 radical (unpaired) electrons. The summed E-state index contributed by atoms with van der Waals surface area (Å²) in [5.41, 5.74) is 0.441. The van der Waals surface area contributed by atoms with E-state index in [0.717, 1.165) is 24.4 Å². The van der Waals surface area contributed by atoms with Gasteiger partial charge >= 0.3 is 5.97 Å². The van der Waals surface area contributed by atoms with Gasteiger partial charge in [-0.25, -0.2) is 4.79 Å². The van der Waals surface area contributed by atoms with E-state index < -0.39 is 5.97 Å². The maximum absolute atomic E-state index is 12.4. The Kier molecular flexibility index (Phi) is 6.77. The maximum atomic E-state index is 12.4. The Labute approximate surface area is 147 Å². The summed E-state index contributed by atoms with van der Waals surface area (Å²) in [7, 11) is 0. The van der Waals surface area contributed by atoms with E-state index in [0.29, 0.717) is 23.7 Å². The molecule has 0 aromatic carbocycles. The van der Waals surface area contributed by atoms with E-state index in [9.17, 15) is 9.59 Å². The molecule has 1 aromatic rings. The Bertz CT molecular complexity index is 577. The molecule has 0 aliphatic carbocycles. The lowest BCUT2D eigenvalue weighted by Gasteiger charge is -2.34. The van der Waals surface area contributed by atoms with E-state index in [2.05, 4.69) is 10.2 Å². The number of thiophene rings is 1. The van der Waals surface area contributed by atoms with Crippen molar-refractivity contribution in [2.45, 2.75) is 46.3 Å². The van der Waals surface area contributed by atoms with Gasteiger partial charge in [0.15, 0.2) is 0 Å². The van der Waals surface area contributed by atoms with Gasteiger partial charge in [0.1, 0.15) is 5.00 Å². The topological polar surface area (TPSA) is 67.9 Å². The van der Waals surface area contributed by atoms with Crippen LogP contribution in [-0.4, -0.2) is 55.2 Å². The smallest absolute Gasteiger partial charge is 0.341 e. The lowest BCUT2D eigenvalue weighted by molar-refractivity contribution is -0.121. The Morgan fingerprint density at radius 2 is 2.00 bits per heavy atom. The highest BCUT2D eigenvalue weighted by Gasteiger charge is 2.25. The second-order valence-electron chi connectivity index (χ2n) is 6.03. The van der Waals surface area contributed by atoms with E-state index in [4.69, 9.17) is 9.47 Å². The molecule has 2 atom stereocenters. The molecule has 1 N–H and O–H groups in total. The minimum absolute atomic E-state index is 0.116. The molecule has 7 heteroatoms. The number of nitrogens with zero attached hydrogens (tertiary/aromatic N) is 1. The number of esters is 1. The van der Waals surface area contributed by atoms with E-state index in [-0.39, 0.29) is 18.1 Å². The van der Waals surface area contributed by atoms with Crippen molar-refractivity contribution < 1.29 is 19.1 Å². The highest BCUT2D eigenvalue weighted by Crippen LogP contribution is 2.29. The van der Waals surface area contributed by atoms with Crippen molar-refractivity contribution in [3.8, 4) is 0 Å². The molecule has 0 saturated carbocycles. The first-order valence-corrected chi connectivity index (χ1v) is 9.22. The first-order valence-electron chi connectivity index (χ1n) is 8.40. The number of amides is 1. The highest BCUT2D eigenvalue weighted by molar-refractivity contribution is 7.16. The normalized spacial score (nSPS) is 21.5. The Morgan fingerprint density at radius 1 is 1.33 bits per heavy atom. The summed E-state index contributed by atoms with van der Waals surface area (Å²) in [6.07, 6.45) is 1.04. The third-order valence-corrected chi connectivity index (χ3v) is 4.94. The van der Waals surface area contributed by atoms with Crippen LogP contribution in [0.25, 0.3) is 0 Å². The van der Waals surface area contributed by atoms with Crippen molar-refractivity contribution in [1.29, 1.82) is 0 Å². The van der Waals surface area contributed by atoms with Crippen LogP contribution in [0.15, 0.2) is 6.07 Å². The van der Waals surface area contributed by atoms with Crippen LogP contribution < -0.4 is 5.32 Å². The van der Waals surface area contributed by atoms with Crippen LogP contribution in [0.1, 0.15) is 42.9 Å². The lowest BCUT2D eigenvalue weighted by atomic mass is 10.2. The van der Waals surface area contributed by atoms with Crippen molar-refractivity contribution >= 4 is 28.2 Å². The number of hydrogen-bond acceptors (Lipinski definition) is 6. The molecule has 1 fully saturated rings. The van der Waals surface area contributed by atoms with Gasteiger partial charge in [-0.05, 0) is 33.3 Å². The highest BCUT2D eigenvalue weighted by atomic mass is 32.1. The molecule has 0 bridgehead atoms. The molecule has 0 unspecified atom stereocenters. The fourth-order valence-corrected chi connectivity index (χ4v) is 3.85. The van der Waals surface area contributed by atoms with Gasteiger partial charge in [-0.2, -0.15) is 0 Å². The summed E-state index contributed by atoms with van der Waals surface area (Å²) < 4.78 is 10.8. The fourth-order valence-electron chi connectivity index (χ4n) is 2.85. The third-order valence-electron chi connectivity index (χ3n) is 3.74. The second-order valence-corrected chi connectivity index (χ2v) is 7.17. The molecular weight excluding hydrogens is 328 g/mol. The number of carbonyl (C=O) groups is 2. The van der Waals surface area contributed by atoms with Crippen LogP contribution in [0.5, 0.6) is 0 Å². The average Bonchev–Trinajstić information content (AvgIpc) is 2.89. The first-order chi connectivity index (χ1) is 11.4. The summed E-state index contributed by atoms with van der Waals surface area (Å²) in [5.74, 6) is -0.510. The molecule has 24 heavy (non-hydrogen) atoms. The lowest BCUT2D eigenvalue weighted by Crippen LogP contribution is -2.48. The predicted molar refractivity (Wildman–Crippen MR) is 94.7 cm³/mol. The van der Waals surface area contributed by atoms with Crippen molar-refractivity contribution in [3.05, 3.63) is 16.5 Å². The number of nitrogens with one attached hydrogen (secondary N) is 1. The minimum Gasteiger partial charge on any atom is -0.462 e. The molecule has 1 amide bonds. The number of aryl methyl sites for hydroxylation is 1. The van der Waals surface area contributed by atoms with Gasteiger partial charge in [0.05, 0.1) is 30.9 Å². The SMILES string of the molecule is CCOC(=O)c1cc(CC)sc1NC(=O)CN1C[C@@H](C)O[C@@H](C)C1. The molecular formula is C17H26N2O4S. The zero-order valence-corrected chi connectivity index (χ0v) is 15.6. The molecule has 1 aliphatic heterocycles. The summed E-state index contributed by atoms with van der Waals surface area (Å²) in [6, 6.07) is 1.80. The fraction of sp³-hybridized carbons (Fsp3) is 0.647. The zero-order chi connectivity index (χ0) is 17.7. The van der Waals surface area contributed by atoms with Crippen LogP contribution in [-0.2, 0) is 20.7 Å². The monoisotopic (exact) mass is 354 g/mol. The van der Waals surface area contributed by atoms with Crippen LogP contribution in [0.3, 0.4) is 0 Å². The van der Waals surface area contributed by atoms with E-state index in [1.54, 1.807) is 13.0 Å². The molecule has 0 spiro atoms. The molecule has 134 valence electrons. The van der Waals surface area contributed by atoms with Crippen LogP contribution in [0.4, 0.5) is 5.00 Å². The molecule has 6 nitrogen and oxygen atoms in total. The van der Waals surface area contributed by atoms with E-state index in [1.165, 1.54) is 11.3 Å². The summed E-state index contributed by atoms with van der Waals surface area (Å²) in [5, 5.41) is 3.45. The Hall–Kier alpha value is -1.44. The van der Waals surface area contributed by atoms with Crippen LogP contribution >= 0.6 is 11.3 Å². The molecule has 1 aliphatic rings. The van der Waals surface area contributed by atoms with E-state index in [1.807, 2.05) is 20.8 Å². The van der Waals surface area contributed by atoms with Gasteiger partial charge in [0, 0.05) is 18.0 Å². The molecule has 2 heterocycles. The van der Waals surface area contributed by atoms with Gasteiger partial charge in [0.25, 0.3) is 0 Å². The number of ether oxygens (including phenoxy) is 2. The van der Waals surface area contributed by atoms with E-state index >= 15 is 0 Å². The second kappa shape index (κ2) is 8.60. The summed E-state index contributed by atoms with van der Waals surface area (Å²) in [4.78, 5) is 27.6. The van der Waals surface area contributed by atoms with Gasteiger partial charge in [-0.1, -0.05) is 6.92 Å². The van der Waals surface area contributed by atoms with Crippen molar-refractivity contribution in [2.75, 3.05) is 31.6 Å². The van der Waals surface area contributed by atoms with Crippen molar-refractivity contribution in [3.63, 3.8) is 0 Å². The van der Waals surface area contributed by atoms with Crippen LogP contribution in [0, 0.1) is 0 Å². The number of morpholine rings is 1. The molecule has 1 saturated heterocycles. The number of rotatable bonds is 6. The van der Waals surface area contributed by atoms with Gasteiger partial charge in [-0.15, -0.1) is 11.3 Å². The van der Waals surface area contributed by atoms with Gasteiger partial charge in [-0.3, -0.25) is 9.69 Å². The quantitative estimate of drug-likeness (QED) is 0.795. The Morgan fingerprint density at radius 3 is 2.58 bits per heavy atom. The van der Waals surface area contributed by atoms with Crippen molar-refractivity contribution in [1.82, 2.24) is 4.90 Å². The maximum Gasteiger partial charge on any atom is 0.341 e. The number of anilines is 1. The number of hydrogen-bond donors (Lipinski definition) is 1. The number of carbonyl (C=O) groups excluding carboxylic acids is 2. The van der Waals surface area contributed by atoms with Gasteiger partial charge in [0.2, 0.25) is 5.91 Å². The zero-order valence-electron chi connectivity index (χ0n) is 14.8.